The van der Waals surface area contributed by atoms with Crippen molar-refractivity contribution in [3.8, 4) is 0 Å². The van der Waals surface area contributed by atoms with Crippen LogP contribution in [0, 0.1) is 12.8 Å². The first-order valence-electron chi connectivity index (χ1n) is 7.53. The lowest BCUT2D eigenvalue weighted by molar-refractivity contribution is -0.312. The summed E-state index contributed by atoms with van der Waals surface area (Å²) in [4.78, 5) is 12.5. The molecule has 1 N–H and O–H groups in total. The number of aliphatic hydroxyl groups is 1. The Bertz CT molecular complexity index is 654. The molecule has 0 unspecified atom stereocenters. The van der Waals surface area contributed by atoms with Crippen molar-refractivity contribution in [1.82, 2.24) is 5.01 Å². The second-order valence-corrected chi connectivity index (χ2v) is 6.10. The van der Waals surface area contributed by atoms with E-state index in [1.54, 1.807) is 12.1 Å². The number of rotatable bonds is 1. The first-order chi connectivity index (χ1) is 10.7. The number of aryl methyl sites for hydroxylation is 1. The summed E-state index contributed by atoms with van der Waals surface area (Å²) in [5.74, 6) is -2.11. The van der Waals surface area contributed by atoms with Crippen LogP contribution in [-0.2, 0) is 0 Å². The largest absolute Gasteiger partial charge is 0.439 e. The number of carbonyl (C=O) groups is 1. The summed E-state index contributed by atoms with van der Waals surface area (Å²) < 4.78 is 40.8. The normalized spacial score (nSPS) is 27.6. The molecule has 3 rings (SSSR count). The third-order valence-electron chi connectivity index (χ3n) is 4.52. The van der Waals surface area contributed by atoms with Crippen LogP contribution in [0.1, 0.15) is 41.6 Å². The third kappa shape index (κ3) is 2.43. The Balaban J connectivity index is 2.03. The van der Waals surface area contributed by atoms with Crippen LogP contribution in [0.2, 0.25) is 0 Å². The molecule has 1 fully saturated rings. The zero-order chi connectivity index (χ0) is 16.8. The molecule has 0 spiro atoms. The van der Waals surface area contributed by atoms with Gasteiger partial charge in [-0.2, -0.15) is 23.3 Å². The maximum atomic E-state index is 13.6. The van der Waals surface area contributed by atoms with Gasteiger partial charge in [0, 0.05) is 11.3 Å². The SMILES string of the molecule is Cc1ccc(C(=O)N2N=C3CCCC[C@@H]3[C@]2(O)C(F)(F)F)cc1. The summed E-state index contributed by atoms with van der Waals surface area (Å²) in [5, 5.41) is 14.5. The highest BCUT2D eigenvalue weighted by atomic mass is 19.4. The Labute approximate surface area is 131 Å². The number of benzene rings is 1. The summed E-state index contributed by atoms with van der Waals surface area (Å²) in [6, 6.07) is 6.15. The van der Waals surface area contributed by atoms with E-state index in [0.29, 0.717) is 12.8 Å². The van der Waals surface area contributed by atoms with E-state index in [4.69, 9.17) is 0 Å². The monoisotopic (exact) mass is 326 g/mol. The van der Waals surface area contributed by atoms with Crippen molar-refractivity contribution in [2.45, 2.75) is 44.5 Å². The number of nitrogens with zero attached hydrogens (tertiary/aromatic N) is 2. The molecular weight excluding hydrogens is 309 g/mol. The standard InChI is InChI=1S/C16H17F3N2O2/c1-10-6-8-11(9-7-10)14(22)21-15(23,16(17,18)19)12-4-2-3-5-13(12)20-21/h6-9,12,23H,2-5H2,1H3/t12-,15-/m0/s1. The van der Waals surface area contributed by atoms with Gasteiger partial charge in [0.2, 0.25) is 0 Å². The lowest BCUT2D eigenvalue weighted by atomic mass is 9.80. The minimum absolute atomic E-state index is 0.0706. The maximum absolute atomic E-state index is 13.6. The molecule has 7 heteroatoms. The van der Waals surface area contributed by atoms with Gasteiger partial charge in [0.15, 0.2) is 0 Å². The van der Waals surface area contributed by atoms with Crippen LogP contribution in [0.5, 0.6) is 0 Å². The van der Waals surface area contributed by atoms with Crippen LogP contribution in [-0.4, -0.2) is 33.6 Å². The Hall–Kier alpha value is -1.89. The third-order valence-corrected chi connectivity index (χ3v) is 4.52. The van der Waals surface area contributed by atoms with E-state index in [-0.39, 0.29) is 22.7 Å². The van der Waals surface area contributed by atoms with Gasteiger partial charge in [0.1, 0.15) is 0 Å². The van der Waals surface area contributed by atoms with Crippen LogP contribution in [0.15, 0.2) is 29.4 Å². The lowest BCUT2D eigenvalue weighted by Gasteiger charge is -2.38. The highest BCUT2D eigenvalue weighted by Gasteiger charge is 2.68. The van der Waals surface area contributed by atoms with E-state index in [1.165, 1.54) is 12.1 Å². The quantitative estimate of drug-likeness (QED) is 0.861. The van der Waals surface area contributed by atoms with E-state index in [1.807, 2.05) is 6.92 Å². The van der Waals surface area contributed by atoms with Gasteiger partial charge in [-0.25, -0.2) is 0 Å². The van der Waals surface area contributed by atoms with Gasteiger partial charge in [-0.15, -0.1) is 0 Å². The zero-order valence-corrected chi connectivity index (χ0v) is 12.6. The molecular formula is C16H17F3N2O2. The summed E-state index contributed by atoms with van der Waals surface area (Å²) in [7, 11) is 0. The first-order valence-corrected chi connectivity index (χ1v) is 7.53. The smallest absolute Gasteiger partial charge is 0.362 e. The minimum atomic E-state index is -4.97. The Morgan fingerprint density at radius 3 is 2.57 bits per heavy atom. The van der Waals surface area contributed by atoms with Crippen molar-refractivity contribution in [2.75, 3.05) is 0 Å². The number of hydrogen-bond acceptors (Lipinski definition) is 3. The van der Waals surface area contributed by atoms with Gasteiger partial charge < -0.3 is 5.11 Å². The molecule has 2 aliphatic rings. The molecule has 1 saturated carbocycles. The van der Waals surface area contributed by atoms with Gasteiger partial charge in [0.25, 0.3) is 11.6 Å². The molecule has 2 atom stereocenters. The fourth-order valence-corrected chi connectivity index (χ4v) is 3.24. The van der Waals surface area contributed by atoms with Gasteiger partial charge >= 0.3 is 6.18 Å². The van der Waals surface area contributed by atoms with Gasteiger partial charge in [-0.1, -0.05) is 24.1 Å². The summed E-state index contributed by atoms with van der Waals surface area (Å²) in [5.41, 5.74) is -2.04. The molecule has 0 radical (unpaired) electrons. The van der Waals surface area contributed by atoms with Crippen molar-refractivity contribution in [1.29, 1.82) is 0 Å². The van der Waals surface area contributed by atoms with Crippen molar-refractivity contribution in [3.63, 3.8) is 0 Å². The number of hydrazone groups is 1. The number of amides is 1. The minimum Gasteiger partial charge on any atom is -0.362 e. The van der Waals surface area contributed by atoms with Crippen molar-refractivity contribution in [2.24, 2.45) is 11.0 Å². The van der Waals surface area contributed by atoms with E-state index in [9.17, 15) is 23.1 Å². The Morgan fingerprint density at radius 2 is 1.96 bits per heavy atom. The second kappa shape index (κ2) is 5.33. The lowest BCUT2D eigenvalue weighted by Crippen LogP contribution is -2.61. The van der Waals surface area contributed by atoms with Gasteiger partial charge in [-0.3, -0.25) is 4.79 Å². The van der Waals surface area contributed by atoms with E-state index in [2.05, 4.69) is 5.10 Å². The average Bonchev–Trinajstić information content (AvgIpc) is 2.82. The fourth-order valence-electron chi connectivity index (χ4n) is 3.24. The highest BCUT2D eigenvalue weighted by Crippen LogP contribution is 2.48. The van der Waals surface area contributed by atoms with Crippen LogP contribution in [0.4, 0.5) is 13.2 Å². The predicted octanol–water partition coefficient (Wildman–Crippen LogP) is 3.25. The Kier molecular flexibility index (Phi) is 3.71. The first kappa shape index (κ1) is 16.0. The number of hydrogen-bond donors (Lipinski definition) is 1. The molecule has 4 nitrogen and oxygen atoms in total. The van der Waals surface area contributed by atoms with E-state index < -0.39 is 23.7 Å². The van der Waals surface area contributed by atoms with Crippen molar-refractivity contribution in [3.05, 3.63) is 35.4 Å². The number of alkyl halides is 3. The topological polar surface area (TPSA) is 52.9 Å². The van der Waals surface area contributed by atoms with Crippen LogP contribution in [0.3, 0.4) is 0 Å². The van der Waals surface area contributed by atoms with Crippen LogP contribution >= 0.6 is 0 Å². The molecule has 0 saturated heterocycles. The number of halogens is 3. The highest BCUT2D eigenvalue weighted by molar-refractivity contribution is 5.99. The summed E-state index contributed by atoms with van der Waals surface area (Å²) in [6.45, 7) is 1.81. The molecule has 1 aromatic rings. The van der Waals surface area contributed by atoms with Gasteiger partial charge in [-0.05, 0) is 38.3 Å². The van der Waals surface area contributed by atoms with Crippen LogP contribution in [0.25, 0.3) is 0 Å². The molecule has 1 aliphatic heterocycles. The predicted molar refractivity (Wildman–Crippen MR) is 77.7 cm³/mol. The van der Waals surface area contributed by atoms with Crippen molar-refractivity contribution >= 4 is 11.6 Å². The molecule has 0 bridgehead atoms. The maximum Gasteiger partial charge on any atom is 0.439 e. The Morgan fingerprint density at radius 1 is 1.30 bits per heavy atom. The fraction of sp³-hybridized carbons (Fsp3) is 0.500. The molecule has 124 valence electrons. The van der Waals surface area contributed by atoms with Crippen LogP contribution < -0.4 is 0 Å². The summed E-state index contributed by atoms with van der Waals surface area (Å²) >= 11 is 0. The number of fused-ring (bicyclic) bond motifs is 1. The van der Waals surface area contributed by atoms with E-state index in [0.717, 1.165) is 12.0 Å². The molecule has 1 heterocycles. The molecule has 1 aromatic carbocycles. The average molecular weight is 326 g/mol. The second-order valence-electron chi connectivity index (χ2n) is 6.10. The van der Waals surface area contributed by atoms with Crippen molar-refractivity contribution < 1.29 is 23.1 Å². The van der Waals surface area contributed by atoms with Gasteiger partial charge in [0.05, 0.1) is 5.92 Å². The molecule has 23 heavy (non-hydrogen) atoms. The molecule has 1 amide bonds. The summed E-state index contributed by atoms with van der Waals surface area (Å²) in [6.07, 6.45) is -3.13. The number of carbonyl (C=O) groups excluding carboxylic acids is 1. The molecule has 0 aromatic heterocycles. The zero-order valence-electron chi connectivity index (χ0n) is 12.6. The molecule has 1 aliphatic carbocycles. The van der Waals surface area contributed by atoms with E-state index >= 15 is 0 Å².